The average Bonchev–Trinajstić information content (AvgIpc) is 2.72. The molecule has 1 unspecified atom stereocenters. The molecule has 0 aliphatic heterocycles. The number of fused-ring (bicyclic) bond motifs is 1. The van der Waals surface area contributed by atoms with E-state index in [9.17, 15) is 0 Å². The highest BCUT2D eigenvalue weighted by molar-refractivity contribution is 7.68. The molecule has 0 aliphatic carbocycles. The Labute approximate surface area is 156 Å². The average molecular weight is 356 g/mol. The standard InChI is InChI=1S/C24H21OP/c1-3-9-20(10-4-1)17-18-25-26(23-13-5-2-6-14-23)24-16-15-21-11-7-8-12-22(21)19-24/h1-16,19H,17-18H2. The van der Waals surface area contributed by atoms with Gasteiger partial charge in [0.05, 0.1) is 14.8 Å². The Hall–Kier alpha value is -2.47. The van der Waals surface area contributed by atoms with Crippen molar-refractivity contribution in [3.8, 4) is 0 Å². The first-order valence-corrected chi connectivity index (χ1v) is 10.2. The number of hydrogen-bond acceptors (Lipinski definition) is 1. The zero-order valence-electron chi connectivity index (χ0n) is 14.6. The SMILES string of the molecule is c1ccc(CCOP(c2ccccc2)c2ccc3ccccc3c2)cc1. The third kappa shape index (κ3) is 4.02. The van der Waals surface area contributed by atoms with E-state index in [1.54, 1.807) is 0 Å². The molecule has 0 radical (unpaired) electrons. The second kappa shape index (κ2) is 8.27. The Balaban J connectivity index is 1.59. The van der Waals surface area contributed by atoms with Crippen LogP contribution in [-0.2, 0) is 10.9 Å². The van der Waals surface area contributed by atoms with Crippen molar-refractivity contribution in [1.82, 2.24) is 0 Å². The molecule has 0 amide bonds. The summed E-state index contributed by atoms with van der Waals surface area (Å²) in [6.07, 6.45) is 0.931. The van der Waals surface area contributed by atoms with E-state index < -0.39 is 8.15 Å². The molecule has 0 fully saturated rings. The molecule has 0 N–H and O–H groups in total. The summed E-state index contributed by atoms with van der Waals surface area (Å²) >= 11 is 0. The van der Waals surface area contributed by atoms with Crippen molar-refractivity contribution in [2.75, 3.05) is 6.61 Å². The zero-order chi connectivity index (χ0) is 17.6. The van der Waals surface area contributed by atoms with Crippen LogP contribution in [-0.4, -0.2) is 6.61 Å². The first-order chi connectivity index (χ1) is 12.9. The van der Waals surface area contributed by atoms with Crippen LogP contribution in [0.2, 0.25) is 0 Å². The van der Waals surface area contributed by atoms with Gasteiger partial charge in [-0.15, -0.1) is 0 Å². The molecule has 4 rings (SSSR count). The Morgan fingerprint density at radius 2 is 1.23 bits per heavy atom. The van der Waals surface area contributed by atoms with Crippen LogP contribution in [0.4, 0.5) is 0 Å². The van der Waals surface area contributed by atoms with Crippen LogP contribution in [0.5, 0.6) is 0 Å². The first-order valence-electron chi connectivity index (χ1n) is 8.91. The molecular formula is C24H21OP. The van der Waals surface area contributed by atoms with Crippen LogP contribution in [0.1, 0.15) is 5.56 Å². The van der Waals surface area contributed by atoms with Crippen molar-refractivity contribution < 1.29 is 4.52 Å². The second-order valence-corrected chi connectivity index (χ2v) is 8.11. The Morgan fingerprint density at radius 1 is 0.577 bits per heavy atom. The summed E-state index contributed by atoms with van der Waals surface area (Å²) in [5, 5.41) is 5.05. The summed E-state index contributed by atoms with van der Waals surface area (Å²) in [4.78, 5) is 0. The molecular weight excluding hydrogens is 335 g/mol. The predicted molar refractivity (Wildman–Crippen MR) is 113 cm³/mol. The topological polar surface area (TPSA) is 9.23 Å². The molecule has 0 aliphatic rings. The highest BCUT2D eigenvalue weighted by Crippen LogP contribution is 2.36. The van der Waals surface area contributed by atoms with Crippen molar-refractivity contribution in [2.45, 2.75) is 6.42 Å². The zero-order valence-corrected chi connectivity index (χ0v) is 15.5. The molecule has 0 spiro atoms. The molecule has 0 saturated carbocycles. The molecule has 0 bridgehead atoms. The Kier molecular flexibility index (Phi) is 5.40. The molecule has 0 saturated heterocycles. The van der Waals surface area contributed by atoms with Gasteiger partial charge >= 0.3 is 0 Å². The van der Waals surface area contributed by atoms with Crippen molar-refractivity contribution >= 4 is 29.5 Å². The Morgan fingerprint density at radius 3 is 2.00 bits per heavy atom. The minimum Gasteiger partial charge on any atom is -0.349 e. The van der Waals surface area contributed by atoms with Gasteiger partial charge in [0.2, 0.25) is 0 Å². The normalized spacial score (nSPS) is 12.2. The van der Waals surface area contributed by atoms with E-state index in [1.807, 2.05) is 0 Å². The van der Waals surface area contributed by atoms with Gasteiger partial charge in [-0.05, 0) is 28.8 Å². The van der Waals surface area contributed by atoms with Crippen LogP contribution in [0.3, 0.4) is 0 Å². The molecule has 1 nitrogen and oxygen atoms in total. The van der Waals surface area contributed by atoms with E-state index in [0.29, 0.717) is 0 Å². The summed E-state index contributed by atoms with van der Waals surface area (Å²) < 4.78 is 6.43. The van der Waals surface area contributed by atoms with E-state index >= 15 is 0 Å². The van der Waals surface area contributed by atoms with Crippen LogP contribution in [0.15, 0.2) is 103 Å². The number of hydrogen-bond donors (Lipinski definition) is 0. The van der Waals surface area contributed by atoms with E-state index in [-0.39, 0.29) is 0 Å². The molecule has 2 heteroatoms. The number of rotatable bonds is 6. The largest absolute Gasteiger partial charge is 0.349 e. The molecule has 4 aromatic carbocycles. The molecule has 1 atom stereocenters. The first kappa shape index (κ1) is 17.0. The maximum Gasteiger partial charge on any atom is 0.0917 e. The fourth-order valence-corrected chi connectivity index (χ4v) is 4.84. The van der Waals surface area contributed by atoms with Gasteiger partial charge in [0.15, 0.2) is 0 Å². The summed E-state index contributed by atoms with van der Waals surface area (Å²) in [6, 6.07) is 36.3. The van der Waals surface area contributed by atoms with E-state index in [0.717, 1.165) is 13.0 Å². The summed E-state index contributed by atoms with van der Waals surface area (Å²) in [6.45, 7) is 0.720. The van der Waals surface area contributed by atoms with Crippen LogP contribution in [0.25, 0.3) is 10.8 Å². The van der Waals surface area contributed by atoms with Gasteiger partial charge in [-0.25, -0.2) is 0 Å². The number of benzene rings is 4. The highest BCUT2D eigenvalue weighted by atomic mass is 31.1. The lowest BCUT2D eigenvalue weighted by Crippen LogP contribution is -2.14. The lowest BCUT2D eigenvalue weighted by atomic mass is 10.1. The summed E-state index contributed by atoms with van der Waals surface area (Å²) in [5.74, 6) is 0. The van der Waals surface area contributed by atoms with Crippen LogP contribution < -0.4 is 10.6 Å². The molecule has 26 heavy (non-hydrogen) atoms. The predicted octanol–water partition coefficient (Wildman–Crippen LogP) is 5.45. The van der Waals surface area contributed by atoms with E-state index in [1.165, 1.54) is 26.9 Å². The highest BCUT2D eigenvalue weighted by Gasteiger charge is 2.15. The van der Waals surface area contributed by atoms with Crippen LogP contribution in [0, 0.1) is 0 Å². The molecule has 128 valence electrons. The minimum atomic E-state index is -0.820. The van der Waals surface area contributed by atoms with Gasteiger partial charge in [-0.3, -0.25) is 0 Å². The molecule has 0 heterocycles. The van der Waals surface area contributed by atoms with Crippen molar-refractivity contribution in [1.29, 1.82) is 0 Å². The van der Waals surface area contributed by atoms with E-state index in [2.05, 4.69) is 103 Å². The van der Waals surface area contributed by atoms with Gasteiger partial charge in [-0.1, -0.05) is 97.1 Å². The lowest BCUT2D eigenvalue weighted by Gasteiger charge is -2.19. The van der Waals surface area contributed by atoms with Gasteiger partial charge in [-0.2, -0.15) is 0 Å². The molecule has 4 aromatic rings. The van der Waals surface area contributed by atoms with Crippen molar-refractivity contribution in [2.24, 2.45) is 0 Å². The minimum absolute atomic E-state index is 0.720. The maximum atomic E-state index is 6.43. The monoisotopic (exact) mass is 356 g/mol. The van der Waals surface area contributed by atoms with Crippen molar-refractivity contribution in [3.05, 3.63) is 109 Å². The second-order valence-electron chi connectivity index (χ2n) is 6.23. The van der Waals surface area contributed by atoms with Crippen LogP contribution >= 0.6 is 8.15 Å². The smallest absolute Gasteiger partial charge is 0.0917 e. The Bertz CT molecular complexity index is 967. The van der Waals surface area contributed by atoms with Gasteiger partial charge in [0, 0.05) is 10.6 Å². The lowest BCUT2D eigenvalue weighted by molar-refractivity contribution is 0.366. The maximum absolute atomic E-state index is 6.43. The van der Waals surface area contributed by atoms with Gasteiger partial charge in [0.1, 0.15) is 0 Å². The molecule has 0 aromatic heterocycles. The fourth-order valence-electron chi connectivity index (χ4n) is 3.06. The quantitative estimate of drug-likeness (QED) is 0.418. The third-order valence-electron chi connectivity index (χ3n) is 4.41. The van der Waals surface area contributed by atoms with E-state index in [4.69, 9.17) is 4.52 Å². The summed E-state index contributed by atoms with van der Waals surface area (Å²) in [5.41, 5.74) is 1.31. The summed E-state index contributed by atoms with van der Waals surface area (Å²) in [7, 11) is -0.820. The van der Waals surface area contributed by atoms with Gasteiger partial charge < -0.3 is 4.52 Å². The third-order valence-corrected chi connectivity index (χ3v) is 6.37. The fraction of sp³-hybridized carbons (Fsp3) is 0.0833. The van der Waals surface area contributed by atoms with Gasteiger partial charge in [0.25, 0.3) is 0 Å². The van der Waals surface area contributed by atoms with Crippen molar-refractivity contribution in [3.63, 3.8) is 0 Å².